The number of amides is 2. The Balaban J connectivity index is 1.37. The van der Waals surface area contributed by atoms with Crippen LogP contribution in [0.15, 0.2) is 72.8 Å². The van der Waals surface area contributed by atoms with Gasteiger partial charge in [0.1, 0.15) is 11.5 Å². The summed E-state index contributed by atoms with van der Waals surface area (Å²) < 4.78 is 11.4. The molecule has 0 saturated heterocycles. The number of rotatable bonds is 10. The summed E-state index contributed by atoms with van der Waals surface area (Å²) in [5, 5.41) is 3.41. The van der Waals surface area contributed by atoms with Crippen molar-refractivity contribution >= 4 is 52.3 Å². The summed E-state index contributed by atoms with van der Waals surface area (Å²) in [5.41, 5.74) is 6.44. The number of hydrazine groups is 1. The maximum atomic E-state index is 12.7. The lowest BCUT2D eigenvalue weighted by molar-refractivity contribution is -0.121. The molecule has 0 aliphatic carbocycles. The Hall–Kier alpha value is -3.33. The quantitative estimate of drug-likeness (QED) is 0.186. The molecule has 0 fully saturated rings. The second-order valence-electron chi connectivity index (χ2n) is 7.56. The molecule has 3 N–H and O–H groups in total. The summed E-state index contributed by atoms with van der Waals surface area (Å²) in [6, 6.07) is 21.7. The van der Waals surface area contributed by atoms with Gasteiger partial charge in [-0.2, -0.15) is 0 Å². The van der Waals surface area contributed by atoms with Crippen LogP contribution in [0.5, 0.6) is 11.5 Å². The van der Waals surface area contributed by atoms with E-state index in [2.05, 4.69) is 16.2 Å². The SMILES string of the molecule is O=C(CCCOc1ccc(Cl)cc1Cl)NNC(=S)NC(=O)c1ccccc1OCCc1ccccc1. The lowest BCUT2D eigenvalue weighted by atomic mass is 10.1. The van der Waals surface area contributed by atoms with E-state index in [1.807, 2.05) is 30.3 Å². The number of benzene rings is 3. The standard InChI is InChI=1S/C26H25Cl2N3O4S/c27-19-12-13-23(21(28)17-19)34-15-6-11-24(32)30-31-26(36)29-25(33)20-9-4-5-10-22(20)35-16-14-18-7-2-1-3-8-18/h1-5,7-10,12-13,17H,6,11,14-16H2,(H,30,32)(H2,29,31,33,36). The van der Waals surface area contributed by atoms with Crippen molar-refractivity contribution < 1.29 is 19.1 Å². The smallest absolute Gasteiger partial charge is 0.261 e. The Morgan fingerprint density at radius 3 is 2.33 bits per heavy atom. The summed E-state index contributed by atoms with van der Waals surface area (Å²) in [6.45, 7) is 0.706. The minimum absolute atomic E-state index is 0.0448. The molecular formula is C26H25Cl2N3O4S. The van der Waals surface area contributed by atoms with Gasteiger partial charge in [0.05, 0.1) is 23.8 Å². The Bertz CT molecular complexity index is 1190. The van der Waals surface area contributed by atoms with Gasteiger partial charge in [-0.3, -0.25) is 25.8 Å². The predicted molar refractivity (Wildman–Crippen MR) is 145 cm³/mol. The van der Waals surface area contributed by atoms with E-state index in [0.29, 0.717) is 46.6 Å². The molecule has 0 aromatic heterocycles. The maximum Gasteiger partial charge on any atom is 0.261 e. The Morgan fingerprint density at radius 1 is 0.833 bits per heavy atom. The van der Waals surface area contributed by atoms with Gasteiger partial charge in [0, 0.05) is 17.9 Å². The van der Waals surface area contributed by atoms with Crippen LogP contribution in [0, 0.1) is 0 Å². The molecule has 0 unspecified atom stereocenters. The van der Waals surface area contributed by atoms with E-state index >= 15 is 0 Å². The van der Waals surface area contributed by atoms with Crippen molar-refractivity contribution in [3.63, 3.8) is 0 Å². The van der Waals surface area contributed by atoms with E-state index in [1.165, 1.54) is 0 Å². The highest BCUT2D eigenvalue weighted by Gasteiger charge is 2.14. The van der Waals surface area contributed by atoms with Crippen LogP contribution < -0.4 is 25.6 Å². The van der Waals surface area contributed by atoms with Crippen LogP contribution in [0.25, 0.3) is 0 Å². The van der Waals surface area contributed by atoms with Crippen molar-refractivity contribution in [3.8, 4) is 11.5 Å². The Morgan fingerprint density at radius 2 is 1.56 bits per heavy atom. The number of hydrogen-bond donors (Lipinski definition) is 3. The molecule has 0 atom stereocenters. The zero-order valence-corrected chi connectivity index (χ0v) is 21.6. The van der Waals surface area contributed by atoms with Crippen molar-refractivity contribution in [1.29, 1.82) is 0 Å². The lowest BCUT2D eigenvalue weighted by Gasteiger charge is -2.14. The number of carbonyl (C=O) groups excluding carboxylic acids is 2. The Labute approximate surface area is 225 Å². The summed E-state index contributed by atoms with van der Waals surface area (Å²) in [6.07, 6.45) is 1.33. The largest absolute Gasteiger partial charge is 0.492 e. The van der Waals surface area contributed by atoms with Gasteiger partial charge >= 0.3 is 0 Å². The molecule has 36 heavy (non-hydrogen) atoms. The van der Waals surface area contributed by atoms with E-state index in [1.54, 1.807) is 42.5 Å². The fourth-order valence-corrected chi connectivity index (χ4v) is 3.71. The molecule has 2 amide bonds. The van der Waals surface area contributed by atoms with Crippen LogP contribution in [-0.4, -0.2) is 30.1 Å². The van der Waals surface area contributed by atoms with Gasteiger partial charge in [0.2, 0.25) is 5.91 Å². The van der Waals surface area contributed by atoms with E-state index < -0.39 is 5.91 Å². The van der Waals surface area contributed by atoms with Crippen molar-refractivity contribution in [2.24, 2.45) is 0 Å². The third-order valence-electron chi connectivity index (χ3n) is 4.86. The third kappa shape index (κ3) is 9.03. The molecule has 0 spiro atoms. The summed E-state index contributed by atoms with van der Waals surface area (Å²) in [4.78, 5) is 24.7. The molecule has 0 radical (unpaired) electrons. The summed E-state index contributed by atoms with van der Waals surface area (Å²) in [7, 11) is 0. The van der Waals surface area contributed by atoms with E-state index in [9.17, 15) is 9.59 Å². The van der Waals surface area contributed by atoms with Crippen molar-refractivity contribution in [3.05, 3.63) is 94.0 Å². The molecule has 0 heterocycles. The number of thiocarbonyl (C=S) groups is 1. The molecule has 0 aliphatic heterocycles. The molecule has 0 bridgehead atoms. The van der Waals surface area contributed by atoms with Crippen LogP contribution >= 0.6 is 35.4 Å². The van der Waals surface area contributed by atoms with E-state index in [0.717, 1.165) is 5.56 Å². The first-order valence-corrected chi connectivity index (χ1v) is 12.3. The normalized spacial score (nSPS) is 10.3. The van der Waals surface area contributed by atoms with Gasteiger partial charge in [-0.15, -0.1) is 0 Å². The van der Waals surface area contributed by atoms with E-state index in [-0.39, 0.29) is 24.0 Å². The minimum atomic E-state index is -0.453. The number of halogens is 2. The predicted octanol–water partition coefficient (Wildman–Crippen LogP) is 5.11. The number of ether oxygens (including phenoxy) is 2. The first-order chi connectivity index (χ1) is 17.4. The van der Waals surface area contributed by atoms with Crippen LogP contribution in [0.1, 0.15) is 28.8 Å². The number of nitrogens with one attached hydrogen (secondary N) is 3. The van der Waals surface area contributed by atoms with Gasteiger partial charge in [-0.05, 0) is 54.5 Å². The maximum absolute atomic E-state index is 12.7. The van der Waals surface area contributed by atoms with Crippen LogP contribution in [0.4, 0.5) is 0 Å². The zero-order valence-electron chi connectivity index (χ0n) is 19.3. The van der Waals surface area contributed by atoms with E-state index in [4.69, 9.17) is 44.9 Å². The highest BCUT2D eigenvalue weighted by molar-refractivity contribution is 7.80. The molecule has 7 nitrogen and oxygen atoms in total. The summed E-state index contributed by atoms with van der Waals surface area (Å²) >= 11 is 17.0. The molecule has 3 rings (SSSR count). The number of para-hydroxylation sites is 1. The fraction of sp³-hybridized carbons (Fsp3) is 0.192. The van der Waals surface area contributed by atoms with Gasteiger partial charge < -0.3 is 9.47 Å². The topological polar surface area (TPSA) is 88.7 Å². The first kappa shape index (κ1) is 27.3. The second kappa shape index (κ2) is 14.3. The minimum Gasteiger partial charge on any atom is -0.492 e. The highest BCUT2D eigenvalue weighted by atomic mass is 35.5. The molecule has 188 valence electrons. The molecule has 0 saturated carbocycles. The molecule has 10 heteroatoms. The molecule has 3 aromatic carbocycles. The van der Waals surface area contributed by atoms with Crippen LogP contribution in [0.2, 0.25) is 10.0 Å². The van der Waals surface area contributed by atoms with Crippen LogP contribution in [0.3, 0.4) is 0 Å². The summed E-state index contributed by atoms with van der Waals surface area (Å²) in [5.74, 6) is 0.165. The van der Waals surface area contributed by atoms with Crippen molar-refractivity contribution in [2.75, 3.05) is 13.2 Å². The average molecular weight is 546 g/mol. The van der Waals surface area contributed by atoms with Gasteiger partial charge in [0.25, 0.3) is 5.91 Å². The highest BCUT2D eigenvalue weighted by Crippen LogP contribution is 2.27. The Kier molecular flexibility index (Phi) is 10.8. The number of hydrogen-bond acceptors (Lipinski definition) is 5. The first-order valence-electron chi connectivity index (χ1n) is 11.2. The monoisotopic (exact) mass is 545 g/mol. The zero-order chi connectivity index (χ0) is 25.8. The average Bonchev–Trinajstić information content (AvgIpc) is 2.87. The molecule has 0 aliphatic rings. The van der Waals surface area contributed by atoms with Crippen molar-refractivity contribution in [2.45, 2.75) is 19.3 Å². The lowest BCUT2D eigenvalue weighted by Crippen LogP contribution is -2.48. The van der Waals surface area contributed by atoms with Crippen molar-refractivity contribution in [1.82, 2.24) is 16.2 Å². The van der Waals surface area contributed by atoms with Gasteiger partial charge in [-0.25, -0.2) is 0 Å². The fourth-order valence-electron chi connectivity index (χ4n) is 3.10. The second-order valence-corrected chi connectivity index (χ2v) is 8.82. The van der Waals surface area contributed by atoms with Crippen LogP contribution in [-0.2, 0) is 11.2 Å². The van der Waals surface area contributed by atoms with Gasteiger partial charge in [0.15, 0.2) is 5.11 Å². The number of carbonyl (C=O) groups is 2. The van der Waals surface area contributed by atoms with Gasteiger partial charge in [-0.1, -0.05) is 65.7 Å². The molecule has 3 aromatic rings. The third-order valence-corrected chi connectivity index (χ3v) is 5.60. The molecular weight excluding hydrogens is 521 g/mol.